The van der Waals surface area contributed by atoms with E-state index in [1.807, 2.05) is 31.2 Å². The summed E-state index contributed by atoms with van der Waals surface area (Å²) >= 11 is 3.46. The fourth-order valence-electron chi connectivity index (χ4n) is 2.74. The zero-order chi connectivity index (χ0) is 21.4. The van der Waals surface area contributed by atoms with Gasteiger partial charge in [0.05, 0.1) is 11.6 Å². The van der Waals surface area contributed by atoms with Gasteiger partial charge in [0.2, 0.25) is 5.95 Å². The Labute approximate surface area is 175 Å². The maximum atomic E-state index is 13.4. The number of nitrogens with zero attached hydrogens (tertiary/aromatic N) is 4. The van der Waals surface area contributed by atoms with E-state index in [1.165, 1.54) is 10.9 Å². The number of halogens is 4. The molecule has 2 N–H and O–H groups in total. The summed E-state index contributed by atoms with van der Waals surface area (Å²) in [7, 11) is 1.68. The van der Waals surface area contributed by atoms with Crippen LogP contribution in [0.4, 0.5) is 24.9 Å². The number of benzene rings is 1. The van der Waals surface area contributed by atoms with Gasteiger partial charge in [0.15, 0.2) is 5.65 Å². The molecule has 29 heavy (non-hydrogen) atoms. The first-order valence-electron chi connectivity index (χ1n) is 9.02. The van der Waals surface area contributed by atoms with E-state index < -0.39 is 11.7 Å². The van der Waals surface area contributed by atoms with Crippen molar-refractivity contribution in [1.82, 2.24) is 19.7 Å². The summed E-state index contributed by atoms with van der Waals surface area (Å²) in [6.45, 7) is 4.70. The third-order valence-electron chi connectivity index (χ3n) is 4.72. The maximum Gasteiger partial charge on any atom is 0.410 e. The molecule has 0 radical (unpaired) electrons. The lowest BCUT2D eigenvalue weighted by Crippen LogP contribution is -2.46. The van der Waals surface area contributed by atoms with Gasteiger partial charge in [-0.15, -0.1) is 0 Å². The predicted molar refractivity (Wildman–Crippen MR) is 111 cm³/mol. The van der Waals surface area contributed by atoms with E-state index in [2.05, 4.69) is 41.6 Å². The zero-order valence-corrected chi connectivity index (χ0v) is 18.1. The van der Waals surface area contributed by atoms with Crippen LogP contribution >= 0.6 is 15.9 Å². The van der Waals surface area contributed by atoms with Crippen LogP contribution in [0, 0.1) is 0 Å². The number of fused-ring (bicyclic) bond motifs is 1. The van der Waals surface area contributed by atoms with Crippen molar-refractivity contribution in [3.05, 3.63) is 40.5 Å². The highest BCUT2D eigenvalue weighted by atomic mass is 79.9. The molecule has 6 nitrogen and oxygen atoms in total. The average molecular weight is 471 g/mol. The monoisotopic (exact) mass is 470 g/mol. The van der Waals surface area contributed by atoms with E-state index in [9.17, 15) is 13.2 Å². The molecular formula is C19H22BrF3N6. The van der Waals surface area contributed by atoms with Crippen LogP contribution in [0.5, 0.6) is 0 Å². The molecule has 0 aliphatic heterocycles. The fraction of sp³-hybridized carbons (Fsp3) is 0.421. The van der Waals surface area contributed by atoms with Crippen LogP contribution < -0.4 is 10.6 Å². The molecular weight excluding hydrogens is 449 g/mol. The van der Waals surface area contributed by atoms with Gasteiger partial charge < -0.3 is 10.6 Å². The first-order chi connectivity index (χ1) is 13.5. The first-order valence-corrected chi connectivity index (χ1v) is 9.81. The van der Waals surface area contributed by atoms with Crippen LogP contribution in [0.15, 0.2) is 34.9 Å². The van der Waals surface area contributed by atoms with Crippen molar-refractivity contribution >= 4 is 38.7 Å². The van der Waals surface area contributed by atoms with Crippen LogP contribution in [0.3, 0.4) is 0 Å². The predicted octanol–water partition coefficient (Wildman–Crippen LogP) is 5.09. The van der Waals surface area contributed by atoms with E-state index in [1.54, 1.807) is 7.05 Å². The minimum Gasteiger partial charge on any atom is -0.356 e. The Morgan fingerprint density at radius 2 is 1.93 bits per heavy atom. The molecule has 1 aromatic carbocycles. The molecule has 0 spiro atoms. The first kappa shape index (κ1) is 21.4. The number of aryl methyl sites for hydroxylation is 1. The molecule has 3 aromatic rings. The summed E-state index contributed by atoms with van der Waals surface area (Å²) in [5.41, 5.74) is -0.603. The number of anilines is 2. The van der Waals surface area contributed by atoms with Gasteiger partial charge in [-0.25, -0.2) is 0 Å². The fourth-order valence-corrected chi connectivity index (χ4v) is 3.16. The molecule has 0 aliphatic rings. The van der Waals surface area contributed by atoms with Crippen LogP contribution in [0.2, 0.25) is 0 Å². The highest BCUT2D eigenvalue weighted by Gasteiger charge is 2.48. The molecule has 0 aliphatic carbocycles. The van der Waals surface area contributed by atoms with E-state index in [4.69, 9.17) is 0 Å². The number of alkyl halides is 3. The minimum atomic E-state index is -4.45. The summed E-state index contributed by atoms with van der Waals surface area (Å²) in [5, 5.41) is 10.2. The second-order valence-electron chi connectivity index (χ2n) is 7.49. The Morgan fingerprint density at radius 1 is 1.21 bits per heavy atom. The third-order valence-corrected chi connectivity index (χ3v) is 5.21. The van der Waals surface area contributed by atoms with Crippen molar-refractivity contribution in [1.29, 1.82) is 0 Å². The van der Waals surface area contributed by atoms with E-state index in [0.717, 1.165) is 23.9 Å². The smallest absolute Gasteiger partial charge is 0.356 e. The number of hydrogen-bond acceptors (Lipinski definition) is 5. The summed E-state index contributed by atoms with van der Waals surface area (Å²) in [4.78, 5) is 8.72. The zero-order valence-electron chi connectivity index (χ0n) is 16.5. The van der Waals surface area contributed by atoms with Crippen molar-refractivity contribution in [2.45, 2.75) is 38.4 Å². The molecule has 3 rings (SSSR count). The van der Waals surface area contributed by atoms with Crippen molar-refractivity contribution < 1.29 is 13.2 Å². The normalized spacial score (nSPS) is 13.5. The standard InChI is InChI=1S/C19H22BrF3N6/c1-11(12-6-5-7-13(20)8-12)9-24-17-26-15(28-18(2,3)19(21,22)23)14-10-25-29(4)16(14)27-17/h5-8,10-11H,9H2,1-4H3,(H2,24,26,27,28). The summed E-state index contributed by atoms with van der Waals surface area (Å²) in [6, 6.07) is 7.94. The highest BCUT2D eigenvalue weighted by molar-refractivity contribution is 9.10. The van der Waals surface area contributed by atoms with Crippen molar-refractivity contribution in [2.24, 2.45) is 7.05 Å². The molecule has 156 valence electrons. The minimum absolute atomic E-state index is 0.0861. The van der Waals surface area contributed by atoms with Crippen molar-refractivity contribution in [3.63, 3.8) is 0 Å². The maximum absolute atomic E-state index is 13.4. The Kier molecular flexibility index (Phi) is 5.75. The van der Waals surface area contributed by atoms with Gasteiger partial charge in [-0.2, -0.15) is 28.2 Å². The van der Waals surface area contributed by atoms with Crippen LogP contribution in [-0.2, 0) is 7.05 Å². The topological polar surface area (TPSA) is 67.7 Å². The summed E-state index contributed by atoms with van der Waals surface area (Å²) in [5.74, 6) is 0.466. The second kappa shape index (κ2) is 7.81. The number of hydrogen-bond donors (Lipinski definition) is 2. The van der Waals surface area contributed by atoms with Gasteiger partial charge in [0.25, 0.3) is 0 Å². The van der Waals surface area contributed by atoms with E-state index in [-0.39, 0.29) is 17.7 Å². The number of nitrogens with one attached hydrogen (secondary N) is 2. The Hall–Kier alpha value is -2.36. The molecule has 0 bridgehead atoms. The van der Waals surface area contributed by atoms with Crippen LogP contribution in [0.1, 0.15) is 32.3 Å². The molecule has 0 saturated heterocycles. The Bertz CT molecular complexity index is 1010. The molecule has 1 unspecified atom stereocenters. The average Bonchev–Trinajstić information content (AvgIpc) is 3.00. The van der Waals surface area contributed by atoms with Gasteiger partial charge >= 0.3 is 6.18 Å². The Morgan fingerprint density at radius 3 is 2.59 bits per heavy atom. The van der Waals surface area contributed by atoms with Crippen LogP contribution in [-0.4, -0.2) is 38.0 Å². The largest absolute Gasteiger partial charge is 0.410 e. The van der Waals surface area contributed by atoms with Gasteiger partial charge in [-0.05, 0) is 37.5 Å². The second-order valence-corrected chi connectivity index (χ2v) is 8.40. The molecule has 1 atom stereocenters. The number of rotatable bonds is 6. The van der Waals surface area contributed by atoms with Gasteiger partial charge in [0.1, 0.15) is 11.4 Å². The third kappa shape index (κ3) is 4.63. The van der Waals surface area contributed by atoms with E-state index >= 15 is 0 Å². The van der Waals surface area contributed by atoms with Gasteiger partial charge in [-0.1, -0.05) is 35.0 Å². The van der Waals surface area contributed by atoms with Crippen LogP contribution in [0.25, 0.3) is 11.0 Å². The SMILES string of the molecule is CC(CNc1nc(NC(C)(C)C(F)(F)F)c2cnn(C)c2n1)c1cccc(Br)c1. The highest BCUT2D eigenvalue weighted by Crippen LogP contribution is 2.34. The molecule has 2 heterocycles. The molecule has 2 aromatic heterocycles. The quantitative estimate of drug-likeness (QED) is 0.524. The Balaban J connectivity index is 1.88. The number of aromatic nitrogens is 4. The lowest BCUT2D eigenvalue weighted by molar-refractivity contribution is -0.168. The summed E-state index contributed by atoms with van der Waals surface area (Å²) in [6.07, 6.45) is -2.99. The summed E-state index contributed by atoms with van der Waals surface area (Å²) < 4.78 is 42.5. The molecule has 10 heteroatoms. The van der Waals surface area contributed by atoms with Gasteiger partial charge in [-0.3, -0.25) is 4.68 Å². The van der Waals surface area contributed by atoms with Crippen molar-refractivity contribution in [2.75, 3.05) is 17.2 Å². The molecule has 0 saturated carbocycles. The van der Waals surface area contributed by atoms with Crippen molar-refractivity contribution in [3.8, 4) is 0 Å². The van der Waals surface area contributed by atoms with Gasteiger partial charge in [0, 0.05) is 18.1 Å². The van der Waals surface area contributed by atoms with E-state index in [0.29, 0.717) is 17.6 Å². The molecule has 0 amide bonds. The lowest BCUT2D eigenvalue weighted by Gasteiger charge is -2.29. The molecule has 0 fully saturated rings. The lowest BCUT2D eigenvalue weighted by atomic mass is 10.0.